The third-order valence-corrected chi connectivity index (χ3v) is 2.86. The topological polar surface area (TPSA) is 65.3 Å². The van der Waals surface area contributed by atoms with Crippen LogP contribution in [0, 0.1) is 17.1 Å². The number of phenols is 1. The van der Waals surface area contributed by atoms with Crippen LogP contribution in [0.3, 0.4) is 0 Å². The third kappa shape index (κ3) is 2.98. The molecular formula is C15H13FN2O2. The summed E-state index contributed by atoms with van der Waals surface area (Å²) in [7, 11) is 1.52. The van der Waals surface area contributed by atoms with Crippen molar-refractivity contribution in [1.29, 1.82) is 5.26 Å². The maximum absolute atomic E-state index is 13.0. The molecule has 4 nitrogen and oxygen atoms in total. The standard InChI is InChI=1S/C15H13FN2O2/c1-20-13-4-2-10(15(19)7-13)9-18-14-5-3-12(16)6-11(14)8-17/h2-7,18-19H,9H2,1H3. The van der Waals surface area contributed by atoms with E-state index < -0.39 is 5.82 Å². The average Bonchev–Trinajstić information content (AvgIpc) is 2.46. The van der Waals surface area contributed by atoms with Crippen LogP contribution in [-0.2, 0) is 6.54 Å². The summed E-state index contributed by atoms with van der Waals surface area (Å²) in [5.74, 6) is 0.197. The van der Waals surface area contributed by atoms with E-state index in [4.69, 9.17) is 10.00 Å². The molecule has 0 bridgehead atoms. The van der Waals surface area contributed by atoms with Gasteiger partial charge < -0.3 is 15.2 Å². The number of rotatable bonds is 4. The molecule has 0 amide bonds. The number of halogens is 1. The quantitative estimate of drug-likeness (QED) is 0.898. The maximum atomic E-state index is 13.0. The summed E-state index contributed by atoms with van der Waals surface area (Å²) >= 11 is 0. The SMILES string of the molecule is COc1ccc(CNc2ccc(F)cc2C#N)c(O)c1. The molecule has 2 N–H and O–H groups in total. The smallest absolute Gasteiger partial charge is 0.124 e. The largest absolute Gasteiger partial charge is 0.507 e. The molecule has 0 atom stereocenters. The number of aromatic hydroxyl groups is 1. The maximum Gasteiger partial charge on any atom is 0.124 e. The lowest BCUT2D eigenvalue weighted by Crippen LogP contribution is -2.02. The number of nitrogens with zero attached hydrogens (tertiary/aromatic N) is 1. The van der Waals surface area contributed by atoms with Crippen molar-refractivity contribution in [1.82, 2.24) is 0 Å². The number of hydrogen-bond acceptors (Lipinski definition) is 4. The summed E-state index contributed by atoms with van der Waals surface area (Å²) in [4.78, 5) is 0. The number of hydrogen-bond donors (Lipinski definition) is 2. The fourth-order valence-electron chi connectivity index (χ4n) is 1.77. The van der Waals surface area contributed by atoms with Crippen molar-refractivity contribution in [3.63, 3.8) is 0 Å². The Morgan fingerprint density at radius 3 is 2.75 bits per heavy atom. The zero-order valence-corrected chi connectivity index (χ0v) is 10.9. The highest BCUT2D eigenvalue weighted by molar-refractivity contribution is 5.58. The third-order valence-electron chi connectivity index (χ3n) is 2.86. The van der Waals surface area contributed by atoms with Crippen molar-refractivity contribution >= 4 is 5.69 Å². The van der Waals surface area contributed by atoms with Crippen LogP contribution in [0.4, 0.5) is 10.1 Å². The fourth-order valence-corrected chi connectivity index (χ4v) is 1.77. The number of methoxy groups -OCH3 is 1. The van der Waals surface area contributed by atoms with E-state index in [9.17, 15) is 9.50 Å². The molecule has 2 rings (SSSR count). The normalized spacial score (nSPS) is 9.85. The van der Waals surface area contributed by atoms with Gasteiger partial charge in [-0.25, -0.2) is 4.39 Å². The summed E-state index contributed by atoms with van der Waals surface area (Å²) < 4.78 is 18.0. The molecule has 5 heteroatoms. The van der Waals surface area contributed by atoms with Crippen LogP contribution in [0.15, 0.2) is 36.4 Å². The Kier molecular flexibility index (Phi) is 4.06. The van der Waals surface area contributed by atoms with Crippen molar-refractivity contribution in [2.24, 2.45) is 0 Å². The van der Waals surface area contributed by atoms with E-state index in [2.05, 4.69) is 5.32 Å². The Bertz CT molecular complexity index is 665. The molecule has 0 heterocycles. The van der Waals surface area contributed by atoms with E-state index >= 15 is 0 Å². The molecule has 0 aliphatic heterocycles. The number of phenolic OH excluding ortho intramolecular Hbond substituents is 1. The molecule has 0 saturated carbocycles. The first-order valence-corrected chi connectivity index (χ1v) is 5.93. The minimum atomic E-state index is -0.459. The highest BCUT2D eigenvalue weighted by Crippen LogP contribution is 2.25. The second-order valence-electron chi connectivity index (χ2n) is 4.15. The average molecular weight is 272 g/mol. The molecule has 102 valence electrons. The van der Waals surface area contributed by atoms with Gasteiger partial charge in [-0.1, -0.05) is 0 Å². The molecule has 2 aromatic rings. The fraction of sp³-hybridized carbons (Fsp3) is 0.133. The second-order valence-corrected chi connectivity index (χ2v) is 4.15. The van der Waals surface area contributed by atoms with Gasteiger partial charge in [0.25, 0.3) is 0 Å². The Morgan fingerprint density at radius 2 is 2.10 bits per heavy atom. The van der Waals surface area contributed by atoms with Crippen LogP contribution in [-0.4, -0.2) is 12.2 Å². The molecule has 0 aliphatic carbocycles. The summed E-state index contributed by atoms with van der Waals surface area (Å²) in [5, 5.41) is 21.8. The minimum Gasteiger partial charge on any atom is -0.507 e. The summed E-state index contributed by atoms with van der Waals surface area (Å²) in [5.41, 5.74) is 1.39. The molecule has 20 heavy (non-hydrogen) atoms. The highest BCUT2D eigenvalue weighted by Gasteiger charge is 2.06. The lowest BCUT2D eigenvalue weighted by Gasteiger charge is -2.10. The van der Waals surface area contributed by atoms with E-state index in [1.165, 1.54) is 25.3 Å². The summed E-state index contributed by atoms with van der Waals surface area (Å²) in [6, 6.07) is 10.8. The second kappa shape index (κ2) is 5.93. The summed E-state index contributed by atoms with van der Waals surface area (Å²) in [6.07, 6.45) is 0. The van der Waals surface area contributed by atoms with Gasteiger partial charge in [0.15, 0.2) is 0 Å². The number of nitriles is 1. The van der Waals surface area contributed by atoms with E-state index in [0.717, 1.165) is 6.07 Å². The van der Waals surface area contributed by atoms with Crippen LogP contribution >= 0.6 is 0 Å². The van der Waals surface area contributed by atoms with Crippen molar-refractivity contribution in [2.45, 2.75) is 6.54 Å². The molecule has 2 aromatic carbocycles. The first-order valence-electron chi connectivity index (χ1n) is 5.93. The Hall–Kier alpha value is -2.74. The Balaban J connectivity index is 2.15. The molecule has 0 aliphatic rings. The van der Waals surface area contributed by atoms with E-state index in [0.29, 0.717) is 23.5 Å². The highest BCUT2D eigenvalue weighted by atomic mass is 19.1. The number of anilines is 1. The first-order chi connectivity index (χ1) is 9.63. The van der Waals surface area contributed by atoms with Crippen LogP contribution in [0.5, 0.6) is 11.5 Å². The van der Waals surface area contributed by atoms with E-state index in [1.54, 1.807) is 12.1 Å². The van der Waals surface area contributed by atoms with Crippen molar-refractivity contribution < 1.29 is 14.2 Å². The lowest BCUT2D eigenvalue weighted by atomic mass is 10.1. The Morgan fingerprint density at radius 1 is 1.30 bits per heavy atom. The predicted octanol–water partition coefficient (Wildman–Crippen LogP) is 3.02. The Labute approximate surface area is 116 Å². The van der Waals surface area contributed by atoms with Gasteiger partial charge in [0.05, 0.1) is 18.4 Å². The van der Waals surface area contributed by atoms with Crippen molar-refractivity contribution in [3.8, 4) is 17.6 Å². The molecule has 0 radical (unpaired) electrons. The van der Waals surface area contributed by atoms with Crippen LogP contribution in [0.25, 0.3) is 0 Å². The van der Waals surface area contributed by atoms with E-state index in [-0.39, 0.29) is 11.3 Å². The minimum absolute atomic E-state index is 0.0949. The van der Waals surface area contributed by atoms with Gasteiger partial charge in [-0.2, -0.15) is 5.26 Å². The van der Waals surface area contributed by atoms with Gasteiger partial charge in [-0.3, -0.25) is 0 Å². The molecule has 0 saturated heterocycles. The van der Waals surface area contributed by atoms with Crippen molar-refractivity contribution in [2.75, 3.05) is 12.4 Å². The molecule has 0 spiro atoms. The first kappa shape index (κ1) is 13.7. The van der Waals surface area contributed by atoms with Gasteiger partial charge >= 0.3 is 0 Å². The van der Waals surface area contributed by atoms with Gasteiger partial charge in [0, 0.05) is 18.2 Å². The number of ether oxygens (including phenoxy) is 1. The van der Waals surface area contributed by atoms with Crippen molar-refractivity contribution in [3.05, 3.63) is 53.3 Å². The zero-order chi connectivity index (χ0) is 14.5. The van der Waals surface area contributed by atoms with Gasteiger partial charge in [-0.15, -0.1) is 0 Å². The van der Waals surface area contributed by atoms with Gasteiger partial charge in [-0.05, 0) is 30.3 Å². The molecule has 0 fully saturated rings. The monoisotopic (exact) mass is 272 g/mol. The van der Waals surface area contributed by atoms with E-state index in [1.807, 2.05) is 6.07 Å². The molecular weight excluding hydrogens is 259 g/mol. The van der Waals surface area contributed by atoms with Crippen LogP contribution in [0.2, 0.25) is 0 Å². The molecule has 0 unspecified atom stereocenters. The van der Waals surface area contributed by atoms with Gasteiger partial charge in [0.2, 0.25) is 0 Å². The predicted molar refractivity (Wildman–Crippen MR) is 73.1 cm³/mol. The zero-order valence-electron chi connectivity index (χ0n) is 10.9. The lowest BCUT2D eigenvalue weighted by molar-refractivity contribution is 0.406. The van der Waals surface area contributed by atoms with Gasteiger partial charge in [0.1, 0.15) is 23.4 Å². The summed E-state index contributed by atoms with van der Waals surface area (Å²) in [6.45, 7) is 0.316. The van der Waals surface area contributed by atoms with Crippen LogP contribution in [0.1, 0.15) is 11.1 Å². The molecule has 0 aromatic heterocycles. The van der Waals surface area contributed by atoms with Crippen LogP contribution < -0.4 is 10.1 Å². The number of nitrogens with one attached hydrogen (secondary N) is 1. The number of benzene rings is 2.